The Morgan fingerprint density at radius 1 is 1.19 bits per heavy atom. The first kappa shape index (κ1) is 23.1. The number of ether oxygens (including phenoxy) is 3. The molecule has 1 heterocycles. The van der Waals surface area contributed by atoms with E-state index in [9.17, 15) is 40.2 Å². The molecule has 6 N–H and O–H groups in total. The van der Waals surface area contributed by atoms with Crippen LogP contribution in [-0.4, -0.2) is 85.3 Å². The minimum absolute atomic E-state index is 0.0142. The van der Waals surface area contributed by atoms with Gasteiger partial charge in [0.15, 0.2) is 17.3 Å². The van der Waals surface area contributed by atoms with Crippen LogP contribution < -0.4 is 4.74 Å². The molecule has 0 unspecified atom stereocenters. The molecule has 11 heteroatoms. The van der Waals surface area contributed by atoms with E-state index in [1.807, 2.05) is 0 Å². The van der Waals surface area contributed by atoms with Crippen LogP contribution >= 0.6 is 0 Å². The predicted octanol–water partition coefficient (Wildman–Crippen LogP) is -1.74. The van der Waals surface area contributed by atoms with Gasteiger partial charge in [0.25, 0.3) is 0 Å². The molecule has 170 valence electrons. The third-order valence-electron chi connectivity index (χ3n) is 5.15. The van der Waals surface area contributed by atoms with Gasteiger partial charge in [-0.2, -0.15) is 0 Å². The van der Waals surface area contributed by atoms with E-state index in [1.165, 1.54) is 24.3 Å². The molecule has 1 saturated heterocycles. The van der Waals surface area contributed by atoms with Gasteiger partial charge in [0.05, 0.1) is 6.61 Å². The highest BCUT2D eigenvalue weighted by molar-refractivity contribution is 6.09. The Morgan fingerprint density at radius 3 is 2.61 bits per heavy atom. The van der Waals surface area contributed by atoms with Crippen LogP contribution in [0.4, 0.5) is 0 Å². The summed E-state index contributed by atoms with van der Waals surface area (Å²) in [5, 5.41) is 59.6. The summed E-state index contributed by atoms with van der Waals surface area (Å²) >= 11 is 0. The first-order valence-electron chi connectivity index (χ1n) is 9.57. The Bertz CT molecular complexity index is 852. The number of aliphatic hydroxyl groups is 5. The third-order valence-corrected chi connectivity index (χ3v) is 5.15. The molecular weight excluding hydrogens is 416 g/mol. The van der Waals surface area contributed by atoms with Crippen LogP contribution in [0.25, 0.3) is 0 Å². The maximum atomic E-state index is 12.3. The number of hydrogen-bond acceptors (Lipinski definition) is 11. The van der Waals surface area contributed by atoms with Crippen molar-refractivity contribution in [2.45, 2.75) is 55.8 Å². The first-order chi connectivity index (χ1) is 14.7. The van der Waals surface area contributed by atoms with Crippen molar-refractivity contribution in [1.82, 2.24) is 0 Å². The van der Waals surface area contributed by atoms with Crippen molar-refractivity contribution in [2.75, 3.05) is 6.61 Å². The van der Waals surface area contributed by atoms with E-state index >= 15 is 0 Å². The summed E-state index contributed by atoms with van der Waals surface area (Å²) in [6.45, 7) is -1.18. The Kier molecular flexibility index (Phi) is 6.94. The number of hydrogen-bond donors (Lipinski definition) is 6. The fraction of sp³-hybridized carbons (Fsp3) is 0.500. The molecule has 3 rings (SSSR count). The van der Waals surface area contributed by atoms with E-state index in [0.29, 0.717) is 6.42 Å². The molecule has 0 radical (unpaired) electrons. The zero-order valence-corrected chi connectivity index (χ0v) is 16.3. The van der Waals surface area contributed by atoms with E-state index < -0.39 is 67.0 Å². The summed E-state index contributed by atoms with van der Waals surface area (Å²) < 4.78 is 15.8. The van der Waals surface area contributed by atoms with Gasteiger partial charge in [-0.05, 0) is 18.6 Å². The number of esters is 1. The van der Waals surface area contributed by atoms with Crippen molar-refractivity contribution < 1.29 is 54.4 Å². The zero-order valence-electron chi connectivity index (χ0n) is 16.3. The molecule has 6 atom stereocenters. The molecule has 1 aliphatic heterocycles. The van der Waals surface area contributed by atoms with Crippen LogP contribution in [0.2, 0.25) is 0 Å². The number of aliphatic hydroxyl groups excluding tert-OH is 4. The molecule has 0 spiro atoms. The van der Waals surface area contributed by atoms with E-state index in [4.69, 9.17) is 14.2 Å². The molecule has 1 aromatic rings. The number of allylic oxidation sites excluding steroid dienone is 1. The Labute approximate surface area is 176 Å². The maximum Gasteiger partial charge on any atom is 0.350 e. The van der Waals surface area contributed by atoms with Crippen molar-refractivity contribution in [3.63, 3.8) is 0 Å². The van der Waals surface area contributed by atoms with Crippen LogP contribution in [0.5, 0.6) is 11.5 Å². The lowest BCUT2D eigenvalue weighted by molar-refractivity contribution is -0.277. The summed E-state index contributed by atoms with van der Waals surface area (Å²) in [5.41, 5.74) is -2.30. The minimum atomic E-state index is -2.40. The topological polar surface area (TPSA) is 183 Å². The van der Waals surface area contributed by atoms with Gasteiger partial charge < -0.3 is 44.8 Å². The molecule has 31 heavy (non-hydrogen) atoms. The number of para-hydroxylation sites is 1. The number of carbonyl (C=O) groups is 2. The number of phenolic OH excluding ortho intramolecular Hbond substituents is 1. The summed E-state index contributed by atoms with van der Waals surface area (Å²) in [6.07, 6.45) is -4.87. The van der Waals surface area contributed by atoms with Crippen LogP contribution in [0.15, 0.2) is 30.4 Å². The molecule has 0 bridgehead atoms. The van der Waals surface area contributed by atoms with Gasteiger partial charge in [0, 0.05) is 12.0 Å². The van der Waals surface area contributed by atoms with Crippen LogP contribution in [0, 0.1) is 0 Å². The fourth-order valence-electron chi connectivity index (χ4n) is 3.29. The molecule has 1 fully saturated rings. The van der Waals surface area contributed by atoms with Crippen LogP contribution in [-0.2, 0) is 25.7 Å². The van der Waals surface area contributed by atoms with Crippen molar-refractivity contribution in [1.29, 1.82) is 0 Å². The Morgan fingerprint density at radius 2 is 1.94 bits per heavy atom. The van der Waals surface area contributed by atoms with E-state index in [2.05, 4.69) is 0 Å². The van der Waals surface area contributed by atoms with E-state index in [-0.39, 0.29) is 17.7 Å². The van der Waals surface area contributed by atoms with Crippen molar-refractivity contribution in [3.05, 3.63) is 35.9 Å². The SMILES string of the molecule is O=C1CCC=C[C@@]1(O)C(=O)OCc1cccc(O)c1O[C@@H]1O[C@H](CO)[C@@H](O)[C@H](O)[C@H]1O. The number of Topliss-reactive ketones (excluding diaryl/α,β-unsaturated/α-hetero) is 1. The second-order valence-electron chi connectivity index (χ2n) is 7.29. The van der Waals surface area contributed by atoms with E-state index in [1.54, 1.807) is 0 Å². The lowest BCUT2D eigenvalue weighted by atomic mass is 9.90. The molecule has 2 aliphatic rings. The molecule has 11 nitrogen and oxygen atoms in total. The minimum Gasteiger partial charge on any atom is -0.504 e. The number of ketones is 1. The molecule has 1 aromatic carbocycles. The van der Waals surface area contributed by atoms with Gasteiger partial charge in [0.1, 0.15) is 31.0 Å². The average molecular weight is 440 g/mol. The maximum absolute atomic E-state index is 12.3. The fourth-order valence-corrected chi connectivity index (χ4v) is 3.29. The molecule has 0 aromatic heterocycles. The third kappa shape index (κ3) is 4.56. The standard InChI is InChI=1S/C20H24O11/c21-8-12-14(24)15(25)16(26)18(30-12)31-17-10(4-3-5-11(17)22)9-29-19(27)20(28)7-2-1-6-13(20)23/h2-5,7,12,14-16,18,21-22,24-26,28H,1,6,8-9H2/t12-,14-,15+,16-,18+,20+/m1/s1. The highest BCUT2D eigenvalue weighted by Crippen LogP contribution is 2.34. The molecular formula is C20H24O11. The van der Waals surface area contributed by atoms with E-state index in [0.717, 1.165) is 6.08 Å². The Hall–Kier alpha value is -2.54. The monoisotopic (exact) mass is 440 g/mol. The second kappa shape index (κ2) is 9.30. The van der Waals surface area contributed by atoms with Gasteiger partial charge in [-0.3, -0.25) is 4.79 Å². The van der Waals surface area contributed by atoms with Crippen molar-refractivity contribution in [2.24, 2.45) is 0 Å². The average Bonchev–Trinajstić information content (AvgIpc) is 2.76. The van der Waals surface area contributed by atoms with Gasteiger partial charge in [-0.15, -0.1) is 0 Å². The lowest BCUT2D eigenvalue weighted by Gasteiger charge is -2.39. The van der Waals surface area contributed by atoms with Gasteiger partial charge in [0.2, 0.25) is 11.9 Å². The number of aromatic hydroxyl groups is 1. The highest BCUT2D eigenvalue weighted by Gasteiger charge is 2.46. The predicted molar refractivity (Wildman–Crippen MR) is 101 cm³/mol. The van der Waals surface area contributed by atoms with Gasteiger partial charge in [-0.25, -0.2) is 4.79 Å². The highest BCUT2D eigenvalue weighted by atomic mass is 16.7. The zero-order chi connectivity index (χ0) is 22.8. The number of benzene rings is 1. The summed E-state index contributed by atoms with van der Waals surface area (Å²) in [7, 11) is 0. The summed E-state index contributed by atoms with van der Waals surface area (Å²) in [6, 6.07) is 4.07. The number of phenols is 1. The van der Waals surface area contributed by atoms with Crippen molar-refractivity contribution >= 4 is 11.8 Å². The normalized spacial score (nSPS) is 33.2. The molecule has 0 amide bonds. The summed E-state index contributed by atoms with van der Waals surface area (Å²) in [5.74, 6) is -2.58. The second-order valence-corrected chi connectivity index (χ2v) is 7.29. The molecule has 0 saturated carbocycles. The number of rotatable bonds is 6. The summed E-state index contributed by atoms with van der Waals surface area (Å²) in [4.78, 5) is 24.2. The lowest BCUT2D eigenvalue weighted by Crippen LogP contribution is -2.60. The molecule has 1 aliphatic carbocycles. The van der Waals surface area contributed by atoms with Crippen molar-refractivity contribution in [3.8, 4) is 11.5 Å². The quantitative estimate of drug-likeness (QED) is 0.168. The van der Waals surface area contributed by atoms with Gasteiger partial charge >= 0.3 is 5.97 Å². The number of carbonyl (C=O) groups excluding carboxylic acids is 2. The van der Waals surface area contributed by atoms with Gasteiger partial charge in [-0.1, -0.05) is 18.2 Å². The first-order valence-corrected chi connectivity index (χ1v) is 9.57. The smallest absolute Gasteiger partial charge is 0.350 e. The van der Waals surface area contributed by atoms with Crippen LogP contribution in [0.1, 0.15) is 18.4 Å². The Balaban J connectivity index is 1.76. The van der Waals surface area contributed by atoms with Crippen LogP contribution in [0.3, 0.4) is 0 Å². The largest absolute Gasteiger partial charge is 0.504 e.